The summed E-state index contributed by atoms with van der Waals surface area (Å²) in [6, 6.07) is -0.0710. The van der Waals surface area contributed by atoms with E-state index in [2.05, 4.69) is 20.9 Å². The van der Waals surface area contributed by atoms with Gasteiger partial charge < -0.3 is 54.2 Å². The molecule has 0 saturated carbocycles. The molecule has 0 heterocycles. The molecule has 1 rings (SSSR count). The molecule has 0 aromatic heterocycles. The van der Waals surface area contributed by atoms with Gasteiger partial charge in [-0.3, -0.25) is 29.0 Å². The summed E-state index contributed by atoms with van der Waals surface area (Å²) in [5, 5.41) is 35.0. The Morgan fingerprint density at radius 2 is 1.34 bits per heavy atom. The number of benzene rings is 1. The monoisotopic (exact) mass is 580 g/mol. The minimum Gasteiger partial charge on any atom is -0.508 e. The van der Waals surface area contributed by atoms with Gasteiger partial charge in [0.15, 0.2) is 5.96 Å². The van der Waals surface area contributed by atoms with Crippen LogP contribution in [0.15, 0.2) is 29.3 Å². The molecule has 0 radical (unpaired) electrons. The first kappa shape index (κ1) is 34.1. The van der Waals surface area contributed by atoms with Crippen molar-refractivity contribution in [1.82, 2.24) is 16.0 Å². The summed E-state index contributed by atoms with van der Waals surface area (Å²) in [6.45, 7) is 0.0757. The average Bonchev–Trinajstić information content (AvgIpc) is 2.87. The number of nitrogens with two attached hydrogens (primary N) is 4. The molecule has 0 spiro atoms. The molecule has 4 unspecified atom stereocenters. The molecule has 0 saturated heterocycles. The number of rotatable bonds is 18. The highest BCUT2D eigenvalue weighted by molar-refractivity contribution is 5.95. The molecule has 4 atom stereocenters. The molecule has 0 aliphatic rings. The lowest BCUT2D eigenvalue weighted by atomic mass is 10.0. The van der Waals surface area contributed by atoms with Crippen molar-refractivity contribution in [3.63, 3.8) is 0 Å². The minimum absolute atomic E-state index is 0.0391. The molecule has 0 aliphatic carbocycles. The predicted molar refractivity (Wildman–Crippen MR) is 144 cm³/mol. The number of primary amides is 1. The first-order valence-corrected chi connectivity index (χ1v) is 12.4. The van der Waals surface area contributed by atoms with Crippen molar-refractivity contribution in [2.24, 2.45) is 27.9 Å². The van der Waals surface area contributed by atoms with E-state index < -0.39 is 66.2 Å². The van der Waals surface area contributed by atoms with Crippen LogP contribution in [0.3, 0.4) is 0 Å². The number of aliphatic carboxylic acids is 2. The lowest BCUT2D eigenvalue weighted by Crippen LogP contribution is -2.57. The molecular formula is C24H36N8O9. The summed E-state index contributed by atoms with van der Waals surface area (Å²) in [4.78, 5) is 76.5. The maximum atomic E-state index is 13.1. The lowest BCUT2D eigenvalue weighted by Gasteiger charge is -2.25. The van der Waals surface area contributed by atoms with E-state index >= 15 is 0 Å². The Hall–Kier alpha value is -4.93. The highest BCUT2D eigenvalue weighted by Crippen LogP contribution is 2.12. The number of carboxylic acids is 2. The molecular weight excluding hydrogens is 544 g/mol. The van der Waals surface area contributed by atoms with E-state index in [0.717, 1.165) is 0 Å². The van der Waals surface area contributed by atoms with Crippen LogP contribution in [0.2, 0.25) is 0 Å². The van der Waals surface area contributed by atoms with Crippen LogP contribution in [0.1, 0.15) is 37.7 Å². The topological polar surface area (TPSA) is 316 Å². The van der Waals surface area contributed by atoms with E-state index in [0.29, 0.717) is 5.56 Å². The third kappa shape index (κ3) is 13.6. The number of amides is 4. The second kappa shape index (κ2) is 16.9. The van der Waals surface area contributed by atoms with Crippen LogP contribution in [-0.2, 0) is 35.2 Å². The Labute approximate surface area is 234 Å². The Morgan fingerprint density at radius 1 is 0.805 bits per heavy atom. The number of phenolic OH excluding ortho intramolecular Hbond substituents is 1. The zero-order chi connectivity index (χ0) is 31.1. The van der Waals surface area contributed by atoms with E-state index in [1.165, 1.54) is 24.3 Å². The van der Waals surface area contributed by atoms with E-state index in [9.17, 15) is 39.0 Å². The number of carbonyl (C=O) groups excluding carboxylic acids is 4. The molecule has 4 amide bonds. The molecule has 0 fully saturated rings. The number of hydrogen-bond donors (Lipinski definition) is 10. The van der Waals surface area contributed by atoms with Crippen molar-refractivity contribution in [2.75, 3.05) is 6.54 Å². The number of guanidine groups is 1. The van der Waals surface area contributed by atoms with Gasteiger partial charge in [-0.15, -0.1) is 0 Å². The van der Waals surface area contributed by atoms with E-state index in [-0.39, 0.29) is 50.4 Å². The van der Waals surface area contributed by atoms with Crippen LogP contribution >= 0.6 is 0 Å². The summed E-state index contributed by atoms with van der Waals surface area (Å²) >= 11 is 0. The second-order valence-electron chi connectivity index (χ2n) is 9.05. The fraction of sp³-hybridized carbons (Fsp3) is 0.458. The lowest BCUT2D eigenvalue weighted by molar-refractivity contribution is -0.142. The highest BCUT2D eigenvalue weighted by atomic mass is 16.4. The Kier molecular flexibility index (Phi) is 14.1. The maximum absolute atomic E-state index is 13.1. The number of aromatic hydroxyl groups is 1. The van der Waals surface area contributed by atoms with Crippen LogP contribution in [-0.4, -0.2) is 87.6 Å². The van der Waals surface area contributed by atoms with E-state index in [4.69, 9.17) is 28.0 Å². The second-order valence-corrected chi connectivity index (χ2v) is 9.05. The summed E-state index contributed by atoms with van der Waals surface area (Å²) in [5.74, 6) is -6.57. The van der Waals surface area contributed by atoms with Crippen molar-refractivity contribution in [3.8, 4) is 5.75 Å². The van der Waals surface area contributed by atoms with Gasteiger partial charge in [0.05, 0.1) is 12.5 Å². The normalized spacial score (nSPS) is 13.5. The predicted octanol–water partition coefficient (Wildman–Crippen LogP) is -3.41. The SMILES string of the molecule is NC(=O)CCC(NC(=O)C(CCCN=C(N)N)NC(=O)C(N)CC(=O)O)C(=O)NC(Cc1ccc(O)cc1)C(=O)O. The van der Waals surface area contributed by atoms with Crippen molar-refractivity contribution in [1.29, 1.82) is 0 Å². The third-order valence-electron chi connectivity index (χ3n) is 5.61. The molecule has 1 aromatic carbocycles. The smallest absolute Gasteiger partial charge is 0.326 e. The first-order chi connectivity index (χ1) is 19.2. The van der Waals surface area contributed by atoms with Gasteiger partial charge >= 0.3 is 11.9 Å². The Bertz CT molecular complexity index is 1120. The maximum Gasteiger partial charge on any atom is 0.326 e. The number of carbonyl (C=O) groups is 6. The number of phenols is 1. The number of carboxylic acid groups (broad SMARTS) is 2. The largest absolute Gasteiger partial charge is 0.508 e. The molecule has 41 heavy (non-hydrogen) atoms. The molecule has 0 bridgehead atoms. The average molecular weight is 581 g/mol. The molecule has 14 N–H and O–H groups in total. The molecule has 1 aromatic rings. The molecule has 17 heteroatoms. The van der Waals surface area contributed by atoms with Crippen LogP contribution < -0.4 is 38.9 Å². The van der Waals surface area contributed by atoms with Crippen LogP contribution in [0.4, 0.5) is 0 Å². The van der Waals surface area contributed by atoms with Gasteiger partial charge in [-0.1, -0.05) is 12.1 Å². The summed E-state index contributed by atoms with van der Waals surface area (Å²) in [5.41, 5.74) is 21.8. The fourth-order valence-electron chi connectivity index (χ4n) is 3.50. The van der Waals surface area contributed by atoms with Crippen molar-refractivity contribution >= 4 is 41.5 Å². The summed E-state index contributed by atoms with van der Waals surface area (Å²) in [7, 11) is 0. The van der Waals surface area contributed by atoms with Gasteiger partial charge in [-0.25, -0.2) is 4.79 Å². The number of nitrogens with zero attached hydrogens (tertiary/aromatic N) is 1. The number of aliphatic imine (C=N–C) groups is 1. The number of hydrogen-bond acceptors (Lipinski definition) is 9. The van der Waals surface area contributed by atoms with E-state index in [1.54, 1.807) is 0 Å². The third-order valence-corrected chi connectivity index (χ3v) is 5.61. The zero-order valence-electron chi connectivity index (χ0n) is 22.1. The van der Waals surface area contributed by atoms with Crippen molar-refractivity contribution in [2.45, 2.75) is 62.7 Å². The van der Waals surface area contributed by atoms with Crippen molar-refractivity contribution in [3.05, 3.63) is 29.8 Å². The van der Waals surface area contributed by atoms with E-state index in [1.807, 2.05) is 0 Å². The van der Waals surface area contributed by atoms with Gasteiger partial charge in [0.25, 0.3) is 0 Å². The van der Waals surface area contributed by atoms with Gasteiger partial charge in [0, 0.05) is 19.4 Å². The standard InChI is InChI=1S/C24H36N8O9/c25-14(11-19(35)36)20(37)30-15(2-1-9-29-24(27)28)21(38)31-16(7-8-18(26)34)22(39)32-17(23(40)41)10-12-3-5-13(33)6-4-12/h3-6,14-17,33H,1-2,7-11,25H2,(H2,26,34)(H,30,37)(H,31,38)(H,32,39)(H,35,36)(H,40,41)(H4,27,28,29). The molecule has 17 nitrogen and oxygen atoms in total. The number of nitrogens with one attached hydrogen (secondary N) is 3. The van der Waals surface area contributed by atoms with Crippen molar-refractivity contribution < 1.29 is 44.1 Å². The summed E-state index contributed by atoms with van der Waals surface area (Å²) in [6.07, 6.45) is -1.41. The van der Waals surface area contributed by atoms with Gasteiger partial charge in [0.1, 0.15) is 23.9 Å². The first-order valence-electron chi connectivity index (χ1n) is 12.4. The fourth-order valence-corrected chi connectivity index (χ4v) is 3.50. The molecule has 226 valence electrons. The quantitative estimate of drug-likeness (QED) is 0.0461. The Balaban J connectivity index is 3.10. The van der Waals surface area contributed by atoms with Gasteiger partial charge in [-0.05, 0) is 37.0 Å². The highest BCUT2D eigenvalue weighted by Gasteiger charge is 2.31. The van der Waals surface area contributed by atoms with Crippen LogP contribution in [0, 0.1) is 0 Å². The summed E-state index contributed by atoms with van der Waals surface area (Å²) < 4.78 is 0. The van der Waals surface area contributed by atoms with Crippen LogP contribution in [0.5, 0.6) is 5.75 Å². The minimum atomic E-state index is -1.48. The zero-order valence-corrected chi connectivity index (χ0v) is 22.1. The van der Waals surface area contributed by atoms with Gasteiger partial charge in [0.2, 0.25) is 23.6 Å². The van der Waals surface area contributed by atoms with Crippen LogP contribution in [0.25, 0.3) is 0 Å². The van der Waals surface area contributed by atoms with Gasteiger partial charge in [-0.2, -0.15) is 0 Å². The Morgan fingerprint density at radius 3 is 1.85 bits per heavy atom. The molecule has 0 aliphatic heterocycles.